The Bertz CT molecular complexity index is 731. The van der Waals surface area contributed by atoms with Crippen molar-refractivity contribution in [1.82, 2.24) is 14.7 Å². The monoisotopic (exact) mass is 343 g/mol. The number of hydrogen-bond donors (Lipinski definition) is 0. The fourth-order valence-electron chi connectivity index (χ4n) is 3.19. The number of morpholine rings is 1. The lowest BCUT2D eigenvalue weighted by molar-refractivity contribution is 0.0301. The standard InChI is InChI=1S/C19H25N3O3/c1-4-16-18(19(23)21-10-12-25-13-11-21)17(5-2)22(20-16)14-6-8-15(24-3)9-7-14/h6-9H,4-5,10-13H2,1-3H3. The highest BCUT2D eigenvalue weighted by atomic mass is 16.5. The lowest BCUT2D eigenvalue weighted by Crippen LogP contribution is -2.41. The Labute approximate surface area is 148 Å². The molecule has 1 aliphatic rings. The molecule has 1 fully saturated rings. The molecule has 0 atom stereocenters. The first-order valence-corrected chi connectivity index (χ1v) is 8.81. The maximum absolute atomic E-state index is 13.1. The maximum Gasteiger partial charge on any atom is 0.257 e. The van der Waals surface area contributed by atoms with Crippen LogP contribution in [0.2, 0.25) is 0 Å². The van der Waals surface area contributed by atoms with E-state index in [1.165, 1.54) is 0 Å². The molecule has 0 bridgehead atoms. The van der Waals surface area contributed by atoms with Gasteiger partial charge in [0.25, 0.3) is 5.91 Å². The van der Waals surface area contributed by atoms with E-state index in [9.17, 15) is 4.79 Å². The largest absolute Gasteiger partial charge is 0.497 e. The lowest BCUT2D eigenvalue weighted by Gasteiger charge is -2.27. The molecule has 0 spiro atoms. The van der Waals surface area contributed by atoms with Gasteiger partial charge in [-0.3, -0.25) is 4.79 Å². The van der Waals surface area contributed by atoms with E-state index in [0.29, 0.717) is 26.3 Å². The minimum Gasteiger partial charge on any atom is -0.497 e. The predicted octanol–water partition coefficient (Wildman–Crippen LogP) is 2.48. The van der Waals surface area contributed by atoms with Gasteiger partial charge in [0.05, 0.1) is 43.0 Å². The van der Waals surface area contributed by atoms with Gasteiger partial charge in [0.15, 0.2) is 0 Å². The zero-order valence-corrected chi connectivity index (χ0v) is 15.1. The molecule has 0 aliphatic carbocycles. The van der Waals surface area contributed by atoms with Crippen LogP contribution in [0.15, 0.2) is 24.3 Å². The van der Waals surface area contributed by atoms with Crippen molar-refractivity contribution in [2.75, 3.05) is 33.4 Å². The van der Waals surface area contributed by atoms with Crippen LogP contribution in [-0.4, -0.2) is 54.0 Å². The van der Waals surface area contributed by atoms with Gasteiger partial charge in [0.2, 0.25) is 0 Å². The van der Waals surface area contributed by atoms with Crippen molar-refractivity contribution in [3.8, 4) is 11.4 Å². The summed E-state index contributed by atoms with van der Waals surface area (Å²) in [7, 11) is 1.65. The molecular formula is C19H25N3O3. The predicted molar refractivity (Wildman–Crippen MR) is 95.6 cm³/mol. The van der Waals surface area contributed by atoms with E-state index in [1.807, 2.05) is 40.8 Å². The molecule has 0 saturated carbocycles. The van der Waals surface area contributed by atoms with Crippen LogP contribution >= 0.6 is 0 Å². The molecule has 6 heteroatoms. The Balaban J connectivity index is 2.02. The van der Waals surface area contributed by atoms with Gasteiger partial charge in [-0.05, 0) is 37.1 Å². The summed E-state index contributed by atoms with van der Waals surface area (Å²) in [6.45, 7) is 6.57. The molecule has 6 nitrogen and oxygen atoms in total. The van der Waals surface area contributed by atoms with Crippen molar-refractivity contribution in [2.24, 2.45) is 0 Å². The number of rotatable bonds is 5. The molecule has 3 rings (SSSR count). The van der Waals surface area contributed by atoms with Crippen molar-refractivity contribution in [2.45, 2.75) is 26.7 Å². The normalized spacial score (nSPS) is 14.6. The first-order valence-electron chi connectivity index (χ1n) is 8.81. The average Bonchev–Trinajstić information content (AvgIpc) is 3.06. The molecule has 1 saturated heterocycles. The van der Waals surface area contributed by atoms with Gasteiger partial charge in [0, 0.05) is 13.1 Å². The highest BCUT2D eigenvalue weighted by Gasteiger charge is 2.27. The number of amides is 1. The Morgan fingerprint density at radius 2 is 1.84 bits per heavy atom. The fourth-order valence-corrected chi connectivity index (χ4v) is 3.19. The first kappa shape index (κ1) is 17.5. The van der Waals surface area contributed by atoms with E-state index in [-0.39, 0.29) is 5.91 Å². The van der Waals surface area contributed by atoms with Crippen LogP contribution in [0, 0.1) is 0 Å². The maximum atomic E-state index is 13.1. The van der Waals surface area contributed by atoms with E-state index in [2.05, 4.69) is 6.92 Å². The number of carbonyl (C=O) groups excluding carboxylic acids is 1. The molecule has 25 heavy (non-hydrogen) atoms. The van der Waals surface area contributed by atoms with Crippen molar-refractivity contribution in [3.05, 3.63) is 41.2 Å². The Morgan fingerprint density at radius 1 is 1.16 bits per heavy atom. The van der Waals surface area contributed by atoms with Crippen LogP contribution in [0.1, 0.15) is 35.6 Å². The topological polar surface area (TPSA) is 56.6 Å². The second-order valence-corrected chi connectivity index (χ2v) is 5.99. The number of aryl methyl sites for hydroxylation is 1. The summed E-state index contributed by atoms with van der Waals surface area (Å²) >= 11 is 0. The zero-order chi connectivity index (χ0) is 17.8. The van der Waals surface area contributed by atoms with Crippen LogP contribution in [0.5, 0.6) is 5.75 Å². The highest BCUT2D eigenvalue weighted by Crippen LogP contribution is 2.24. The van der Waals surface area contributed by atoms with Crippen molar-refractivity contribution in [3.63, 3.8) is 0 Å². The van der Waals surface area contributed by atoms with Crippen LogP contribution in [0.25, 0.3) is 5.69 Å². The van der Waals surface area contributed by atoms with Crippen LogP contribution in [-0.2, 0) is 17.6 Å². The molecule has 1 aromatic carbocycles. The summed E-state index contributed by atoms with van der Waals surface area (Å²) in [4.78, 5) is 15.0. The number of ether oxygens (including phenoxy) is 2. The van der Waals surface area contributed by atoms with Gasteiger partial charge >= 0.3 is 0 Å². The molecule has 2 heterocycles. The molecular weight excluding hydrogens is 318 g/mol. The number of methoxy groups -OCH3 is 1. The van der Waals surface area contributed by atoms with Gasteiger partial charge < -0.3 is 14.4 Å². The second kappa shape index (κ2) is 7.70. The van der Waals surface area contributed by atoms with Crippen LogP contribution in [0.3, 0.4) is 0 Å². The lowest BCUT2D eigenvalue weighted by atomic mass is 10.1. The first-order chi connectivity index (χ1) is 12.2. The third kappa shape index (κ3) is 3.39. The minimum absolute atomic E-state index is 0.0664. The van der Waals surface area contributed by atoms with E-state index in [1.54, 1.807) is 7.11 Å². The van der Waals surface area contributed by atoms with Crippen molar-refractivity contribution < 1.29 is 14.3 Å². The van der Waals surface area contributed by atoms with Gasteiger partial charge in [-0.15, -0.1) is 0 Å². The average molecular weight is 343 g/mol. The molecule has 0 radical (unpaired) electrons. The Kier molecular flexibility index (Phi) is 5.38. The summed E-state index contributed by atoms with van der Waals surface area (Å²) in [5.74, 6) is 0.867. The van der Waals surface area contributed by atoms with E-state index in [4.69, 9.17) is 14.6 Å². The van der Waals surface area contributed by atoms with Crippen LogP contribution in [0.4, 0.5) is 0 Å². The summed E-state index contributed by atoms with van der Waals surface area (Å²) < 4.78 is 12.5. The number of aromatic nitrogens is 2. The molecule has 134 valence electrons. The van der Waals surface area contributed by atoms with Gasteiger partial charge in [0.1, 0.15) is 5.75 Å². The van der Waals surface area contributed by atoms with Crippen LogP contribution < -0.4 is 4.74 Å². The number of carbonyl (C=O) groups is 1. The number of benzene rings is 1. The summed E-state index contributed by atoms with van der Waals surface area (Å²) in [5.41, 5.74) is 3.50. The van der Waals surface area contributed by atoms with E-state index in [0.717, 1.165) is 41.2 Å². The number of hydrogen-bond acceptors (Lipinski definition) is 4. The third-order valence-corrected chi connectivity index (χ3v) is 4.55. The highest BCUT2D eigenvalue weighted by molar-refractivity contribution is 5.96. The van der Waals surface area contributed by atoms with E-state index >= 15 is 0 Å². The Hall–Kier alpha value is -2.34. The van der Waals surface area contributed by atoms with E-state index < -0.39 is 0 Å². The van der Waals surface area contributed by atoms with Gasteiger partial charge in [-0.2, -0.15) is 5.10 Å². The fraction of sp³-hybridized carbons (Fsp3) is 0.474. The molecule has 0 unspecified atom stereocenters. The Morgan fingerprint density at radius 3 is 2.40 bits per heavy atom. The van der Waals surface area contributed by atoms with Gasteiger partial charge in [-0.1, -0.05) is 13.8 Å². The minimum atomic E-state index is 0.0664. The molecule has 2 aromatic rings. The number of nitrogens with zero attached hydrogens (tertiary/aromatic N) is 3. The smallest absolute Gasteiger partial charge is 0.257 e. The van der Waals surface area contributed by atoms with Gasteiger partial charge in [-0.25, -0.2) is 4.68 Å². The van der Waals surface area contributed by atoms with Crippen molar-refractivity contribution >= 4 is 5.91 Å². The second-order valence-electron chi connectivity index (χ2n) is 5.99. The molecule has 1 aliphatic heterocycles. The molecule has 0 N–H and O–H groups in total. The quantitative estimate of drug-likeness (QED) is 0.837. The summed E-state index contributed by atoms with van der Waals surface area (Å²) in [5, 5.41) is 4.74. The summed E-state index contributed by atoms with van der Waals surface area (Å²) in [6.07, 6.45) is 1.46. The molecule has 1 aromatic heterocycles. The third-order valence-electron chi connectivity index (χ3n) is 4.55. The molecule has 1 amide bonds. The zero-order valence-electron chi connectivity index (χ0n) is 15.1. The SMILES string of the molecule is CCc1nn(-c2ccc(OC)cc2)c(CC)c1C(=O)N1CCOCC1. The van der Waals surface area contributed by atoms with Crippen molar-refractivity contribution in [1.29, 1.82) is 0 Å². The summed E-state index contributed by atoms with van der Waals surface area (Å²) in [6, 6.07) is 7.75.